The normalized spacial score (nSPS) is 17.9. The second kappa shape index (κ2) is 2.40. The van der Waals surface area contributed by atoms with E-state index >= 15 is 0 Å². The maximum Gasteiger partial charge on any atom is 0.233 e. The predicted octanol–water partition coefficient (Wildman–Crippen LogP) is 0.416. The van der Waals surface area contributed by atoms with Gasteiger partial charge in [0.05, 0.1) is 5.75 Å². The van der Waals surface area contributed by atoms with Gasteiger partial charge in [-0.2, -0.15) is 0 Å². The largest absolute Gasteiger partial charge is 0.342 e. The monoisotopic (exact) mass is 130 g/mol. The molecule has 1 saturated heterocycles. The van der Waals surface area contributed by atoms with Crippen LogP contribution in [0.4, 0.5) is 0 Å². The number of carbonyl (C=O) groups excluding carboxylic acids is 1. The fourth-order valence-electron chi connectivity index (χ4n) is 0.657. The molecule has 0 aromatic rings. The van der Waals surface area contributed by atoms with Crippen LogP contribution in [-0.2, 0) is 4.79 Å². The van der Waals surface area contributed by atoms with E-state index in [2.05, 4.69) is 12.6 Å². The second-order valence-corrected chi connectivity index (χ2v) is 2.17. The van der Waals surface area contributed by atoms with Crippen molar-refractivity contribution in [1.82, 2.24) is 4.90 Å². The number of amides is 1. The van der Waals surface area contributed by atoms with Crippen molar-refractivity contribution in [2.24, 2.45) is 0 Å². The Labute approximate surface area is 54.3 Å². The van der Waals surface area contributed by atoms with Crippen molar-refractivity contribution in [1.29, 1.82) is 0 Å². The topological polar surface area (TPSA) is 20.3 Å². The van der Waals surface area contributed by atoms with Gasteiger partial charge in [-0.25, -0.2) is 0 Å². The first-order chi connectivity index (χ1) is 3.84. The Morgan fingerprint density at radius 3 is 2.38 bits per heavy atom. The van der Waals surface area contributed by atoms with Crippen molar-refractivity contribution in [3.8, 4) is 0 Å². The molecule has 0 aromatic heterocycles. The molecule has 0 aromatic carbocycles. The van der Waals surface area contributed by atoms with E-state index in [-0.39, 0.29) is 11.7 Å². The van der Waals surface area contributed by atoms with Crippen molar-refractivity contribution >= 4 is 18.5 Å². The first kappa shape index (κ1) is 5.95. The van der Waals surface area contributed by atoms with Gasteiger partial charge in [0, 0.05) is 13.1 Å². The molecule has 1 rings (SSSR count). The molecule has 1 amide bonds. The molecule has 0 atom stereocenters. The fraction of sp³-hybridized carbons (Fsp3) is 0.800. The van der Waals surface area contributed by atoms with Crippen LogP contribution in [0.5, 0.6) is 0 Å². The molecule has 1 heterocycles. The van der Waals surface area contributed by atoms with Crippen LogP contribution in [0.2, 0.25) is 0 Å². The van der Waals surface area contributed by atoms with E-state index in [0.29, 0.717) is 0 Å². The summed E-state index contributed by atoms with van der Waals surface area (Å²) in [6.45, 7) is 1.85. The quantitative estimate of drug-likeness (QED) is 0.503. The number of hydrogen-bond donors (Lipinski definition) is 0. The van der Waals surface area contributed by atoms with Gasteiger partial charge in [0.15, 0.2) is 0 Å². The van der Waals surface area contributed by atoms with Gasteiger partial charge in [0.1, 0.15) is 0 Å². The van der Waals surface area contributed by atoms with Crippen LogP contribution >= 0.6 is 12.6 Å². The van der Waals surface area contributed by atoms with Crippen molar-refractivity contribution in [2.45, 2.75) is 6.42 Å². The lowest BCUT2D eigenvalue weighted by molar-refractivity contribution is -0.131. The van der Waals surface area contributed by atoms with E-state index in [1.165, 1.54) is 0 Å². The van der Waals surface area contributed by atoms with Gasteiger partial charge in [-0.1, -0.05) is 12.6 Å². The third-order valence-corrected chi connectivity index (χ3v) is 1.58. The standard InChI is InChI=1S/C5H8NOS/c7-5(4-8)6-2-1-3-6/h1-4H2. The smallest absolute Gasteiger partial charge is 0.233 e. The summed E-state index contributed by atoms with van der Waals surface area (Å²) in [5, 5.41) is 0. The first-order valence-corrected chi connectivity index (χ1v) is 3.28. The highest BCUT2D eigenvalue weighted by molar-refractivity contribution is 7.81. The van der Waals surface area contributed by atoms with E-state index in [4.69, 9.17) is 0 Å². The predicted molar refractivity (Wildman–Crippen MR) is 33.7 cm³/mol. The molecule has 8 heavy (non-hydrogen) atoms. The molecule has 1 radical (unpaired) electrons. The van der Waals surface area contributed by atoms with Crippen LogP contribution in [0.3, 0.4) is 0 Å². The molecule has 3 heteroatoms. The Balaban J connectivity index is 2.24. The molecule has 0 spiro atoms. The van der Waals surface area contributed by atoms with E-state index in [1.807, 2.05) is 0 Å². The van der Waals surface area contributed by atoms with Gasteiger partial charge >= 0.3 is 0 Å². The van der Waals surface area contributed by atoms with Gasteiger partial charge < -0.3 is 4.90 Å². The molecule has 1 aliphatic rings. The summed E-state index contributed by atoms with van der Waals surface area (Å²) in [4.78, 5) is 12.4. The molecule has 0 bridgehead atoms. The van der Waals surface area contributed by atoms with Crippen molar-refractivity contribution in [3.05, 3.63) is 0 Å². The molecule has 0 N–H and O–H groups in total. The Bertz CT molecular complexity index is 101. The lowest BCUT2D eigenvalue weighted by Crippen LogP contribution is -2.42. The van der Waals surface area contributed by atoms with Crippen LogP contribution in [0.1, 0.15) is 6.42 Å². The SMILES string of the molecule is O=C(C[S])N1CCC1. The average Bonchev–Trinajstić information content (AvgIpc) is 1.62. The minimum atomic E-state index is 0.117. The van der Waals surface area contributed by atoms with Gasteiger partial charge in [-0.3, -0.25) is 4.79 Å². The van der Waals surface area contributed by atoms with Crippen molar-refractivity contribution < 1.29 is 4.79 Å². The summed E-state index contributed by atoms with van der Waals surface area (Å²) in [5.41, 5.74) is 0. The summed E-state index contributed by atoms with van der Waals surface area (Å²) in [7, 11) is 0. The number of likely N-dealkylation sites (tertiary alicyclic amines) is 1. The number of hydrogen-bond acceptors (Lipinski definition) is 1. The van der Waals surface area contributed by atoms with Crippen LogP contribution in [0.15, 0.2) is 0 Å². The highest BCUT2D eigenvalue weighted by Gasteiger charge is 2.17. The summed E-state index contributed by atoms with van der Waals surface area (Å²) >= 11 is 4.56. The Kier molecular flexibility index (Phi) is 1.78. The molecule has 45 valence electrons. The maximum absolute atomic E-state index is 10.6. The molecule has 0 saturated carbocycles. The van der Waals surface area contributed by atoms with E-state index in [9.17, 15) is 4.79 Å². The van der Waals surface area contributed by atoms with Crippen molar-refractivity contribution in [3.63, 3.8) is 0 Å². The minimum Gasteiger partial charge on any atom is -0.342 e. The van der Waals surface area contributed by atoms with Gasteiger partial charge in [-0.05, 0) is 6.42 Å². The lowest BCUT2D eigenvalue weighted by Gasteiger charge is -2.30. The van der Waals surface area contributed by atoms with Crippen LogP contribution in [0.25, 0.3) is 0 Å². The van der Waals surface area contributed by atoms with E-state index in [1.54, 1.807) is 4.90 Å². The highest BCUT2D eigenvalue weighted by atomic mass is 32.1. The second-order valence-electron chi connectivity index (χ2n) is 1.88. The van der Waals surface area contributed by atoms with Gasteiger partial charge in [0.25, 0.3) is 0 Å². The summed E-state index contributed by atoms with van der Waals surface area (Å²) in [6.07, 6.45) is 1.15. The van der Waals surface area contributed by atoms with Crippen LogP contribution in [-0.4, -0.2) is 29.6 Å². The Morgan fingerprint density at radius 2 is 2.25 bits per heavy atom. The third-order valence-electron chi connectivity index (χ3n) is 1.33. The Morgan fingerprint density at radius 1 is 1.62 bits per heavy atom. The molecule has 0 unspecified atom stereocenters. The maximum atomic E-state index is 10.6. The summed E-state index contributed by atoms with van der Waals surface area (Å²) in [5.74, 6) is 0.367. The Hall–Kier alpha value is -0.180. The van der Waals surface area contributed by atoms with Gasteiger partial charge in [-0.15, -0.1) is 0 Å². The van der Waals surface area contributed by atoms with E-state index in [0.717, 1.165) is 19.5 Å². The number of carbonyl (C=O) groups is 1. The number of nitrogens with zero attached hydrogens (tertiary/aromatic N) is 1. The average molecular weight is 130 g/mol. The van der Waals surface area contributed by atoms with E-state index < -0.39 is 0 Å². The zero-order chi connectivity index (χ0) is 5.98. The summed E-state index contributed by atoms with van der Waals surface area (Å²) in [6, 6.07) is 0. The zero-order valence-corrected chi connectivity index (χ0v) is 5.41. The molecular formula is C5H8NOS. The molecule has 1 fully saturated rings. The molecule has 1 aliphatic heterocycles. The van der Waals surface area contributed by atoms with Gasteiger partial charge in [0.2, 0.25) is 5.91 Å². The minimum absolute atomic E-state index is 0.117. The molecule has 2 nitrogen and oxygen atoms in total. The first-order valence-electron chi connectivity index (χ1n) is 2.70. The fourth-order valence-corrected chi connectivity index (χ4v) is 0.839. The third kappa shape index (κ3) is 0.968. The van der Waals surface area contributed by atoms with Crippen LogP contribution < -0.4 is 0 Å². The zero-order valence-electron chi connectivity index (χ0n) is 4.59. The lowest BCUT2D eigenvalue weighted by atomic mass is 10.2. The van der Waals surface area contributed by atoms with Crippen molar-refractivity contribution in [2.75, 3.05) is 18.8 Å². The molecular weight excluding hydrogens is 122 g/mol. The molecule has 0 aliphatic carbocycles. The van der Waals surface area contributed by atoms with Crippen LogP contribution in [0, 0.1) is 0 Å². The summed E-state index contributed by atoms with van der Waals surface area (Å²) < 4.78 is 0. The highest BCUT2D eigenvalue weighted by Crippen LogP contribution is 2.05. The number of rotatable bonds is 1.